The van der Waals surface area contributed by atoms with E-state index in [9.17, 15) is 0 Å². The first-order valence-electron chi connectivity index (χ1n) is 5.40. The Kier molecular flexibility index (Phi) is 4.35. The maximum absolute atomic E-state index is 5.87. The van der Waals surface area contributed by atoms with E-state index in [1.54, 1.807) is 0 Å². The smallest absolute Gasteiger partial charge is 0.0682 e. The van der Waals surface area contributed by atoms with Gasteiger partial charge in [-0.05, 0) is 36.4 Å². The summed E-state index contributed by atoms with van der Waals surface area (Å²) < 4.78 is 0. The summed E-state index contributed by atoms with van der Waals surface area (Å²) in [6.45, 7) is 0. The van der Waals surface area contributed by atoms with E-state index in [1.165, 1.54) is 10.6 Å². The van der Waals surface area contributed by atoms with Gasteiger partial charge in [-0.15, -0.1) is 11.8 Å². The number of rotatable bonds is 4. The van der Waals surface area contributed by atoms with Crippen LogP contribution in [0.2, 0.25) is 5.02 Å². The van der Waals surface area contributed by atoms with Crippen LogP contribution in [0.1, 0.15) is 0 Å². The summed E-state index contributed by atoms with van der Waals surface area (Å²) >= 11 is 7.69. The van der Waals surface area contributed by atoms with Gasteiger partial charge in [0, 0.05) is 22.7 Å². The molecule has 0 amide bonds. The second-order valence-electron chi connectivity index (χ2n) is 3.76. The fraction of sp³-hybridized carbons (Fsp3) is 0.143. The number of hydrogen-bond donors (Lipinski definition) is 0. The molecule has 0 saturated heterocycles. The molecule has 0 aromatic heterocycles. The van der Waals surface area contributed by atoms with Crippen molar-refractivity contribution in [3.8, 4) is 0 Å². The fourth-order valence-corrected chi connectivity index (χ4v) is 2.43. The van der Waals surface area contributed by atoms with E-state index in [2.05, 4.69) is 36.2 Å². The Bertz CT molecular complexity index is 455. The molecule has 0 spiro atoms. The largest absolute Gasteiger partial charge is 0.365 e. The van der Waals surface area contributed by atoms with Crippen molar-refractivity contribution in [2.45, 2.75) is 4.90 Å². The molecular weight excluding hydrogens is 250 g/mol. The average molecular weight is 264 g/mol. The molecule has 0 unspecified atom stereocenters. The Hall–Kier alpha value is -1.12. The Morgan fingerprint density at radius 3 is 2.29 bits per heavy atom. The quantitative estimate of drug-likeness (QED) is 0.589. The van der Waals surface area contributed by atoms with Crippen molar-refractivity contribution < 1.29 is 0 Å². The van der Waals surface area contributed by atoms with Crippen LogP contribution in [0.25, 0.3) is 0 Å². The van der Waals surface area contributed by atoms with E-state index in [0.29, 0.717) is 0 Å². The summed E-state index contributed by atoms with van der Waals surface area (Å²) in [4.78, 5) is 3.49. The number of thioether (sulfide) groups is 1. The highest BCUT2D eigenvalue weighted by atomic mass is 35.5. The predicted molar refractivity (Wildman–Crippen MR) is 77.0 cm³/mol. The Morgan fingerprint density at radius 1 is 1.00 bits per heavy atom. The highest BCUT2D eigenvalue weighted by Gasteiger charge is 2.01. The van der Waals surface area contributed by atoms with Crippen molar-refractivity contribution in [3.63, 3.8) is 0 Å². The van der Waals surface area contributed by atoms with Gasteiger partial charge < -0.3 is 4.90 Å². The van der Waals surface area contributed by atoms with Crippen LogP contribution in [-0.2, 0) is 0 Å². The topological polar surface area (TPSA) is 3.24 Å². The maximum atomic E-state index is 5.87. The van der Waals surface area contributed by atoms with Gasteiger partial charge in [0.2, 0.25) is 0 Å². The lowest BCUT2D eigenvalue weighted by molar-refractivity contribution is 1.09. The molecule has 0 atom stereocenters. The molecule has 17 heavy (non-hydrogen) atoms. The molecule has 0 fully saturated rings. The first-order chi connectivity index (χ1) is 8.25. The minimum atomic E-state index is 0.776. The normalized spacial score (nSPS) is 10.2. The van der Waals surface area contributed by atoms with Gasteiger partial charge in [0.25, 0.3) is 0 Å². The fourth-order valence-electron chi connectivity index (χ4n) is 1.46. The number of benzene rings is 2. The number of anilines is 1. The van der Waals surface area contributed by atoms with E-state index in [4.69, 9.17) is 11.6 Å². The molecule has 0 aliphatic heterocycles. The second kappa shape index (κ2) is 5.99. The summed E-state index contributed by atoms with van der Waals surface area (Å²) in [7, 11) is 2.08. The van der Waals surface area contributed by atoms with Crippen molar-refractivity contribution in [2.24, 2.45) is 0 Å². The van der Waals surface area contributed by atoms with Gasteiger partial charge in [-0.3, -0.25) is 0 Å². The van der Waals surface area contributed by atoms with Gasteiger partial charge in [0.05, 0.1) is 5.88 Å². The summed E-state index contributed by atoms with van der Waals surface area (Å²) in [6.07, 6.45) is 0. The van der Waals surface area contributed by atoms with Crippen molar-refractivity contribution in [2.75, 3.05) is 17.8 Å². The molecule has 0 saturated carbocycles. The molecule has 0 radical (unpaired) electrons. The summed E-state index contributed by atoms with van der Waals surface area (Å²) in [5.74, 6) is 0.922. The third-order valence-corrected chi connectivity index (χ3v) is 3.81. The molecule has 88 valence electrons. The monoisotopic (exact) mass is 263 g/mol. The first kappa shape index (κ1) is 12.3. The zero-order valence-electron chi connectivity index (χ0n) is 9.64. The maximum Gasteiger partial charge on any atom is 0.0682 e. The van der Waals surface area contributed by atoms with Crippen molar-refractivity contribution >= 4 is 29.1 Å². The van der Waals surface area contributed by atoms with Gasteiger partial charge in [-0.25, -0.2) is 0 Å². The summed E-state index contributed by atoms with van der Waals surface area (Å²) in [5, 5.41) is 0.776. The molecule has 1 nitrogen and oxygen atoms in total. The SMILES string of the molecule is CN(CSc1ccccc1)c1ccc(Cl)cc1. The van der Waals surface area contributed by atoms with E-state index < -0.39 is 0 Å². The Labute approximate surface area is 111 Å². The van der Waals surface area contributed by atoms with Crippen molar-refractivity contribution in [3.05, 3.63) is 59.6 Å². The van der Waals surface area contributed by atoms with Crippen LogP contribution in [-0.4, -0.2) is 12.9 Å². The predicted octanol–water partition coefficient (Wildman–Crippen LogP) is 4.53. The van der Waals surface area contributed by atoms with Crippen LogP contribution in [0.4, 0.5) is 5.69 Å². The lowest BCUT2D eigenvalue weighted by atomic mass is 10.3. The van der Waals surface area contributed by atoms with Crippen molar-refractivity contribution in [1.29, 1.82) is 0 Å². The zero-order chi connectivity index (χ0) is 12.1. The number of nitrogens with zero attached hydrogens (tertiary/aromatic N) is 1. The van der Waals surface area contributed by atoms with Crippen LogP contribution in [0.3, 0.4) is 0 Å². The third kappa shape index (κ3) is 3.69. The van der Waals surface area contributed by atoms with Gasteiger partial charge in [0.1, 0.15) is 0 Å². The average Bonchev–Trinajstić information content (AvgIpc) is 2.38. The van der Waals surface area contributed by atoms with Gasteiger partial charge in [0.15, 0.2) is 0 Å². The molecule has 0 bridgehead atoms. The summed E-state index contributed by atoms with van der Waals surface area (Å²) in [5.41, 5.74) is 1.18. The summed E-state index contributed by atoms with van der Waals surface area (Å²) in [6, 6.07) is 18.3. The van der Waals surface area contributed by atoms with Gasteiger partial charge >= 0.3 is 0 Å². The highest BCUT2D eigenvalue weighted by Crippen LogP contribution is 2.22. The van der Waals surface area contributed by atoms with Crippen molar-refractivity contribution in [1.82, 2.24) is 0 Å². The molecule has 0 aliphatic carbocycles. The van der Waals surface area contributed by atoms with Gasteiger partial charge in [-0.1, -0.05) is 29.8 Å². The molecule has 0 N–H and O–H groups in total. The standard InChI is InChI=1S/C14H14ClNS/c1-16(13-9-7-12(15)8-10-13)11-17-14-5-3-2-4-6-14/h2-10H,11H2,1H3. The first-order valence-corrected chi connectivity index (χ1v) is 6.76. The molecule has 2 aromatic carbocycles. The van der Waals surface area contributed by atoms with E-state index in [1.807, 2.05) is 42.1 Å². The Morgan fingerprint density at radius 2 is 1.65 bits per heavy atom. The molecular formula is C14H14ClNS. The highest BCUT2D eigenvalue weighted by molar-refractivity contribution is 7.99. The minimum absolute atomic E-state index is 0.776. The van der Waals surface area contributed by atoms with Crippen LogP contribution in [0.5, 0.6) is 0 Å². The van der Waals surface area contributed by atoms with Crippen LogP contribution >= 0.6 is 23.4 Å². The molecule has 2 aromatic rings. The van der Waals surface area contributed by atoms with E-state index in [-0.39, 0.29) is 0 Å². The molecule has 3 heteroatoms. The Balaban J connectivity index is 1.93. The lowest BCUT2D eigenvalue weighted by Crippen LogP contribution is -2.15. The molecule has 0 aliphatic rings. The lowest BCUT2D eigenvalue weighted by Gasteiger charge is -2.18. The number of hydrogen-bond acceptors (Lipinski definition) is 2. The van der Waals surface area contributed by atoms with E-state index >= 15 is 0 Å². The second-order valence-corrected chi connectivity index (χ2v) is 5.22. The van der Waals surface area contributed by atoms with Gasteiger partial charge in [-0.2, -0.15) is 0 Å². The van der Waals surface area contributed by atoms with Crippen LogP contribution in [0.15, 0.2) is 59.5 Å². The molecule has 2 rings (SSSR count). The third-order valence-electron chi connectivity index (χ3n) is 2.44. The van der Waals surface area contributed by atoms with E-state index in [0.717, 1.165) is 10.9 Å². The minimum Gasteiger partial charge on any atom is -0.365 e. The zero-order valence-corrected chi connectivity index (χ0v) is 11.2. The van der Waals surface area contributed by atoms with Crippen LogP contribution < -0.4 is 4.90 Å². The molecule has 0 heterocycles. The van der Waals surface area contributed by atoms with Crippen LogP contribution in [0, 0.1) is 0 Å². The number of halogens is 1.